The molecule has 1 amide bonds. The number of methoxy groups -OCH3 is 1. The van der Waals surface area contributed by atoms with E-state index in [4.69, 9.17) is 0 Å². The van der Waals surface area contributed by atoms with Crippen LogP contribution >= 0.6 is 0 Å². The Morgan fingerprint density at radius 2 is 1.89 bits per heavy atom. The number of benzene rings is 2. The Kier molecular flexibility index (Phi) is 5.54. The highest BCUT2D eigenvalue weighted by atomic mass is 19.1. The zero-order valence-electron chi connectivity index (χ0n) is 14.6. The van der Waals surface area contributed by atoms with Crippen molar-refractivity contribution in [2.45, 2.75) is 0 Å². The summed E-state index contributed by atoms with van der Waals surface area (Å²) in [5.41, 5.74) is 0.619. The molecule has 0 spiro atoms. The first kappa shape index (κ1) is 18.9. The number of esters is 1. The average molecular weight is 384 g/mol. The first-order valence-corrected chi connectivity index (χ1v) is 8.01. The van der Waals surface area contributed by atoms with Crippen molar-refractivity contribution in [3.05, 3.63) is 77.6 Å². The van der Waals surface area contributed by atoms with Crippen LogP contribution in [0.25, 0.3) is 0 Å². The molecule has 1 heterocycles. The molecule has 0 atom stereocenters. The quantitative estimate of drug-likeness (QED) is 0.654. The second-order valence-electron chi connectivity index (χ2n) is 5.54. The predicted octanol–water partition coefficient (Wildman–Crippen LogP) is 3.54. The average Bonchev–Trinajstić information content (AvgIpc) is 2.70. The molecule has 7 nitrogen and oxygen atoms in total. The van der Waals surface area contributed by atoms with Gasteiger partial charge in [0.15, 0.2) is 0 Å². The van der Waals surface area contributed by atoms with E-state index in [1.165, 1.54) is 25.4 Å². The molecule has 2 aromatic carbocycles. The number of carbonyl (C=O) groups excluding carboxylic acids is 2. The SMILES string of the molecule is COC(=O)c1cccc(Nc2nccc(C(=O)Nc3ccc(F)cc3F)n2)c1. The van der Waals surface area contributed by atoms with Crippen LogP contribution in [-0.2, 0) is 4.74 Å². The van der Waals surface area contributed by atoms with Crippen LogP contribution in [0.2, 0.25) is 0 Å². The molecule has 0 unspecified atom stereocenters. The van der Waals surface area contributed by atoms with Gasteiger partial charge in [-0.05, 0) is 36.4 Å². The largest absolute Gasteiger partial charge is 0.465 e. The number of hydrogen-bond acceptors (Lipinski definition) is 6. The number of anilines is 3. The topological polar surface area (TPSA) is 93.2 Å². The van der Waals surface area contributed by atoms with Crippen LogP contribution in [0, 0.1) is 11.6 Å². The molecule has 0 saturated carbocycles. The van der Waals surface area contributed by atoms with Gasteiger partial charge in [-0.15, -0.1) is 0 Å². The lowest BCUT2D eigenvalue weighted by atomic mass is 10.2. The Bertz CT molecular complexity index is 1040. The predicted molar refractivity (Wildman–Crippen MR) is 97.4 cm³/mol. The molecular formula is C19H14F2N4O3. The lowest BCUT2D eigenvalue weighted by Gasteiger charge is -2.09. The molecule has 0 bridgehead atoms. The van der Waals surface area contributed by atoms with E-state index in [0.717, 1.165) is 12.1 Å². The van der Waals surface area contributed by atoms with Crippen molar-refractivity contribution < 1.29 is 23.1 Å². The zero-order valence-corrected chi connectivity index (χ0v) is 14.6. The van der Waals surface area contributed by atoms with Crippen LogP contribution in [0.4, 0.5) is 26.1 Å². The Labute approximate surface area is 158 Å². The summed E-state index contributed by atoms with van der Waals surface area (Å²) in [6.45, 7) is 0. The summed E-state index contributed by atoms with van der Waals surface area (Å²) in [5, 5.41) is 5.18. The summed E-state index contributed by atoms with van der Waals surface area (Å²) < 4.78 is 31.3. The molecule has 142 valence electrons. The van der Waals surface area contributed by atoms with Crippen molar-refractivity contribution in [3.63, 3.8) is 0 Å². The van der Waals surface area contributed by atoms with E-state index in [1.807, 2.05) is 0 Å². The lowest BCUT2D eigenvalue weighted by Crippen LogP contribution is -2.15. The van der Waals surface area contributed by atoms with Gasteiger partial charge in [0.05, 0.1) is 18.4 Å². The molecule has 0 radical (unpaired) electrons. The maximum Gasteiger partial charge on any atom is 0.337 e. The summed E-state index contributed by atoms with van der Waals surface area (Å²) in [4.78, 5) is 31.9. The van der Waals surface area contributed by atoms with E-state index in [0.29, 0.717) is 17.3 Å². The minimum absolute atomic E-state index is 0.0367. The van der Waals surface area contributed by atoms with Crippen LogP contribution in [0.3, 0.4) is 0 Å². The molecule has 28 heavy (non-hydrogen) atoms. The maximum absolute atomic E-state index is 13.7. The van der Waals surface area contributed by atoms with Gasteiger partial charge in [-0.25, -0.2) is 23.5 Å². The Balaban J connectivity index is 1.77. The van der Waals surface area contributed by atoms with Gasteiger partial charge < -0.3 is 15.4 Å². The van der Waals surface area contributed by atoms with Crippen LogP contribution in [0.15, 0.2) is 54.7 Å². The maximum atomic E-state index is 13.7. The minimum Gasteiger partial charge on any atom is -0.465 e. The van der Waals surface area contributed by atoms with Crippen molar-refractivity contribution in [1.29, 1.82) is 0 Å². The Morgan fingerprint density at radius 3 is 2.64 bits per heavy atom. The summed E-state index contributed by atoms with van der Waals surface area (Å²) in [7, 11) is 1.28. The van der Waals surface area contributed by atoms with E-state index < -0.39 is 23.5 Å². The fourth-order valence-electron chi connectivity index (χ4n) is 2.29. The van der Waals surface area contributed by atoms with Crippen molar-refractivity contribution in [2.75, 3.05) is 17.7 Å². The number of nitrogens with zero attached hydrogens (tertiary/aromatic N) is 2. The van der Waals surface area contributed by atoms with E-state index >= 15 is 0 Å². The molecule has 9 heteroatoms. The summed E-state index contributed by atoms with van der Waals surface area (Å²) in [6.07, 6.45) is 1.34. The fourth-order valence-corrected chi connectivity index (χ4v) is 2.29. The monoisotopic (exact) mass is 384 g/mol. The van der Waals surface area contributed by atoms with Gasteiger partial charge in [-0.1, -0.05) is 6.07 Å². The molecule has 3 rings (SSSR count). The van der Waals surface area contributed by atoms with Gasteiger partial charge in [-0.2, -0.15) is 0 Å². The van der Waals surface area contributed by atoms with Gasteiger partial charge >= 0.3 is 5.97 Å². The number of ether oxygens (including phenoxy) is 1. The van der Waals surface area contributed by atoms with Gasteiger partial charge in [0, 0.05) is 18.0 Å². The number of halogens is 2. The lowest BCUT2D eigenvalue weighted by molar-refractivity contribution is 0.0600. The Morgan fingerprint density at radius 1 is 1.07 bits per heavy atom. The smallest absolute Gasteiger partial charge is 0.337 e. The van der Waals surface area contributed by atoms with Crippen LogP contribution in [-0.4, -0.2) is 29.0 Å². The number of aromatic nitrogens is 2. The molecule has 2 N–H and O–H groups in total. The third kappa shape index (κ3) is 4.44. The molecule has 0 aliphatic carbocycles. The van der Waals surface area contributed by atoms with Gasteiger partial charge in [0.2, 0.25) is 5.95 Å². The summed E-state index contributed by atoms with van der Waals surface area (Å²) in [6, 6.07) is 10.6. The van der Waals surface area contributed by atoms with Crippen molar-refractivity contribution in [2.24, 2.45) is 0 Å². The number of amides is 1. The second kappa shape index (κ2) is 8.21. The van der Waals surface area contributed by atoms with Crippen LogP contribution < -0.4 is 10.6 Å². The van der Waals surface area contributed by atoms with Crippen molar-refractivity contribution >= 4 is 29.2 Å². The van der Waals surface area contributed by atoms with Gasteiger partial charge in [-0.3, -0.25) is 4.79 Å². The fraction of sp³-hybridized carbons (Fsp3) is 0.0526. The van der Waals surface area contributed by atoms with Crippen molar-refractivity contribution in [1.82, 2.24) is 9.97 Å². The minimum atomic E-state index is -0.902. The summed E-state index contributed by atoms with van der Waals surface area (Å²) in [5.74, 6) is -2.76. The normalized spacial score (nSPS) is 10.2. The van der Waals surface area contributed by atoms with Crippen LogP contribution in [0.5, 0.6) is 0 Å². The van der Waals surface area contributed by atoms with E-state index in [9.17, 15) is 18.4 Å². The van der Waals surface area contributed by atoms with E-state index in [1.54, 1.807) is 18.2 Å². The highest BCUT2D eigenvalue weighted by Gasteiger charge is 2.13. The first-order valence-electron chi connectivity index (χ1n) is 8.01. The zero-order chi connectivity index (χ0) is 20.1. The molecule has 0 aliphatic heterocycles. The van der Waals surface area contributed by atoms with Gasteiger partial charge in [0.1, 0.15) is 17.3 Å². The molecular weight excluding hydrogens is 370 g/mol. The number of carbonyl (C=O) groups is 2. The highest BCUT2D eigenvalue weighted by molar-refractivity contribution is 6.03. The Hall–Kier alpha value is -3.88. The van der Waals surface area contributed by atoms with Gasteiger partial charge in [0.25, 0.3) is 5.91 Å². The number of hydrogen-bond donors (Lipinski definition) is 2. The second-order valence-corrected chi connectivity index (χ2v) is 5.54. The highest BCUT2D eigenvalue weighted by Crippen LogP contribution is 2.18. The number of rotatable bonds is 5. The number of nitrogens with one attached hydrogen (secondary N) is 2. The first-order chi connectivity index (χ1) is 13.5. The van der Waals surface area contributed by atoms with E-state index in [2.05, 4.69) is 25.3 Å². The third-order valence-corrected chi connectivity index (χ3v) is 3.61. The molecule has 0 saturated heterocycles. The standard InChI is InChI=1S/C19H14F2N4O3/c1-28-18(27)11-3-2-4-13(9-11)23-19-22-8-7-16(25-19)17(26)24-15-6-5-12(20)10-14(15)21/h2-10H,1H3,(H,24,26)(H,22,23,25). The molecule has 0 aliphatic rings. The molecule has 0 fully saturated rings. The molecule has 3 aromatic rings. The molecule has 1 aromatic heterocycles. The van der Waals surface area contributed by atoms with Crippen LogP contribution in [0.1, 0.15) is 20.8 Å². The van der Waals surface area contributed by atoms with Crippen molar-refractivity contribution in [3.8, 4) is 0 Å². The summed E-state index contributed by atoms with van der Waals surface area (Å²) >= 11 is 0. The third-order valence-electron chi connectivity index (χ3n) is 3.61. The van der Waals surface area contributed by atoms with E-state index in [-0.39, 0.29) is 17.3 Å².